The van der Waals surface area contributed by atoms with E-state index in [-0.39, 0.29) is 12.3 Å². The summed E-state index contributed by atoms with van der Waals surface area (Å²) in [4.78, 5) is 16.1. The van der Waals surface area contributed by atoms with Crippen LogP contribution in [0.4, 0.5) is 0 Å². The second-order valence-corrected chi connectivity index (χ2v) is 5.42. The molecule has 0 amide bonds. The number of nitrogens with zero attached hydrogens (tertiary/aromatic N) is 3. The van der Waals surface area contributed by atoms with E-state index in [0.717, 1.165) is 16.5 Å². The molecular weight excluding hydrogens is 288 g/mol. The molecule has 0 bridgehead atoms. The number of hydrogen-bond donors (Lipinski definition) is 2. The summed E-state index contributed by atoms with van der Waals surface area (Å²) in [6.07, 6.45) is 0. The number of H-pyrrole nitrogens is 1. The van der Waals surface area contributed by atoms with Gasteiger partial charge in [0, 0.05) is 17.5 Å². The highest BCUT2D eigenvalue weighted by molar-refractivity contribution is 7.99. The van der Waals surface area contributed by atoms with Crippen LogP contribution in [0.15, 0.2) is 45.3 Å². The Morgan fingerprint density at radius 3 is 2.95 bits per heavy atom. The Bertz CT molecular complexity index is 840. The summed E-state index contributed by atoms with van der Waals surface area (Å²) in [6, 6.07) is 9.62. The molecular formula is C14H14N4O2S. The van der Waals surface area contributed by atoms with Crippen molar-refractivity contribution in [3.8, 4) is 0 Å². The molecule has 1 aromatic carbocycles. The highest BCUT2D eigenvalue weighted by atomic mass is 32.2. The number of aliphatic hydroxyl groups is 1. The minimum absolute atomic E-state index is 0.110. The Morgan fingerprint density at radius 2 is 2.19 bits per heavy atom. The summed E-state index contributed by atoms with van der Waals surface area (Å²) in [5.74, 6) is 0. The Labute approximate surface area is 124 Å². The molecule has 0 saturated carbocycles. The van der Waals surface area contributed by atoms with E-state index in [1.54, 1.807) is 0 Å². The van der Waals surface area contributed by atoms with Gasteiger partial charge in [-0.15, -0.1) is 5.10 Å². The fraction of sp³-hybridized carbons (Fsp3) is 0.214. The van der Waals surface area contributed by atoms with Crippen LogP contribution in [0, 0.1) is 0 Å². The van der Waals surface area contributed by atoms with Gasteiger partial charge in [-0.25, -0.2) is 14.9 Å². The summed E-state index contributed by atoms with van der Waals surface area (Å²) < 4.78 is 1.53. The van der Waals surface area contributed by atoms with Gasteiger partial charge in [0.05, 0.1) is 12.1 Å². The van der Waals surface area contributed by atoms with Crippen LogP contribution < -0.4 is 5.69 Å². The van der Waals surface area contributed by atoms with Crippen LogP contribution in [-0.2, 0) is 13.2 Å². The maximum Gasteiger partial charge on any atom is 0.343 e. The first-order chi connectivity index (χ1) is 10.2. The Morgan fingerprint density at radius 1 is 1.38 bits per heavy atom. The zero-order chi connectivity index (χ0) is 14.8. The minimum atomic E-state index is -0.244. The standard InChI is InChI=1S/C14H14N4O2S/c1-2-18-13(20)16-17-14(18)21-12-10(8-19)7-9-5-3-4-6-11(9)15-12/h3-7,19H,2,8H2,1H3,(H,16,20). The van der Waals surface area contributed by atoms with Crippen LogP contribution in [0.25, 0.3) is 10.9 Å². The summed E-state index contributed by atoms with van der Waals surface area (Å²) in [5, 5.41) is 18.1. The van der Waals surface area contributed by atoms with Gasteiger partial charge in [0.25, 0.3) is 0 Å². The number of nitrogens with one attached hydrogen (secondary N) is 1. The van der Waals surface area contributed by atoms with E-state index in [1.165, 1.54) is 16.3 Å². The van der Waals surface area contributed by atoms with E-state index < -0.39 is 0 Å². The van der Waals surface area contributed by atoms with E-state index >= 15 is 0 Å². The van der Waals surface area contributed by atoms with Gasteiger partial charge in [-0.2, -0.15) is 0 Å². The first kappa shape index (κ1) is 13.8. The fourth-order valence-electron chi connectivity index (χ4n) is 2.09. The van der Waals surface area contributed by atoms with Gasteiger partial charge in [0.15, 0.2) is 5.16 Å². The first-order valence-electron chi connectivity index (χ1n) is 6.55. The van der Waals surface area contributed by atoms with E-state index in [0.29, 0.717) is 16.7 Å². The van der Waals surface area contributed by atoms with Crippen LogP contribution in [0.5, 0.6) is 0 Å². The number of fused-ring (bicyclic) bond motifs is 1. The molecule has 0 spiro atoms. The van der Waals surface area contributed by atoms with Crippen molar-refractivity contribution in [2.45, 2.75) is 30.3 Å². The SMILES string of the molecule is CCn1c(Sc2nc3ccccc3cc2CO)n[nH]c1=O. The molecule has 2 N–H and O–H groups in total. The van der Waals surface area contributed by atoms with Crippen molar-refractivity contribution < 1.29 is 5.11 Å². The summed E-state index contributed by atoms with van der Waals surface area (Å²) in [7, 11) is 0. The lowest BCUT2D eigenvalue weighted by molar-refractivity contribution is 0.278. The molecule has 0 aliphatic heterocycles. The maximum atomic E-state index is 11.6. The van der Waals surface area contributed by atoms with Crippen LogP contribution >= 0.6 is 11.8 Å². The largest absolute Gasteiger partial charge is 0.392 e. The highest BCUT2D eigenvalue weighted by Crippen LogP contribution is 2.29. The molecule has 21 heavy (non-hydrogen) atoms. The third kappa shape index (κ3) is 2.57. The molecule has 0 radical (unpaired) electrons. The molecule has 2 aromatic heterocycles. The third-order valence-corrected chi connectivity index (χ3v) is 4.20. The molecule has 3 rings (SSSR count). The number of aliphatic hydroxyl groups excluding tert-OH is 1. The fourth-order valence-corrected chi connectivity index (χ4v) is 3.08. The smallest absolute Gasteiger partial charge is 0.343 e. The summed E-state index contributed by atoms with van der Waals surface area (Å²) >= 11 is 1.28. The van der Waals surface area contributed by atoms with Gasteiger partial charge >= 0.3 is 5.69 Å². The van der Waals surface area contributed by atoms with E-state index in [1.807, 2.05) is 37.3 Å². The average Bonchev–Trinajstić information content (AvgIpc) is 2.86. The Kier molecular flexibility index (Phi) is 3.76. The third-order valence-electron chi connectivity index (χ3n) is 3.16. The van der Waals surface area contributed by atoms with Crippen LogP contribution in [0.3, 0.4) is 0 Å². The van der Waals surface area contributed by atoms with Gasteiger partial charge in [-0.05, 0) is 30.8 Å². The second kappa shape index (κ2) is 5.71. The zero-order valence-electron chi connectivity index (χ0n) is 11.4. The number of hydrogen-bond acceptors (Lipinski definition) is 5. The maximum absolute atomic E-state index is 11.6. The molecule has 0 unspecified atom stereocenters. The summed E-state index contributed by atoms with van der Waals surface area (Å²) in [5.41, 5.74) is 1.32. The molecule has 7 heteroatoms. The van der Waals surface area contributed by atoms with Crippen LogP contribution in [0.1, 0.15) is 12.5 Å². The predicted octanol–water partition coefficient (Wildman–Crippen LogP) is 1.78. The molecule has 0 atom stereocenters. The minimum Gasteiger partial charge on any atom is -0.392 e. The lowest BCUT2D eigenvalue weighted by Gasteiger charge is -2.08. The Hall–Kier alpha value is -2.12. The number of para-hydroxylation sites is 1. The molecule has 0 aliphatic carbocycles. The van der Waals surface area contributed by atoms with Crippen molar-refractivity contribution in [3.05, 3.63) is 46.4 Å². The van der Waals surface area contributed by atoms with Gasteiger partial charge in [0.1, 0.15) is 5.03 Å². The molecule has 0 aliphatic rings. The van der Waals surface area contributed by atoms with E-state index in [4.69, 9.17) is 0 Å². The Balaban J connectivity index is 2.08. The van der Waals surface area contributed by atoms with E-state index in [9.17, 15) is 9.90 Å². The quantitative estimate of drug-likeness (QED) is 0.767. The number of pyridine rings is 1. The number of benzene rings is 1. The number of aromatic amines is 1. The van der Waals surface area contributed by atoms with E-state index in [2.05, 4.69) is 15.2 Å². The molecule has 2 heterocycles. The average molecular weight is 302 g/mol. The topological polar surface area (TPSA) is 83.8 Å². The van der Waals surface area contributed by atoms with Crippen molar-refractivity contribution >= 4 is 22.7 Å². The van der Waals surface area contributed by atoms with Crippen molar-refractivity contribution in [2.75, 3.05) is 0 Å². The zero-order valence-corrected chi connectivity index (χ0v) is 12.2. The van der Waals surface area contributed by atoms with Crippen LogP contribution in [-0.4, -0.2) is 24.9 Å². The van der Waals surface area contributed by atoms with Crippen molar-refractivity contribution in [1.82, 2.24) is 19.7 Å². The number of rotatable bonds is 4. The predicted molar refractivity (Wildman–Crippen MR) is 80.3 cm³/mol. The lowest BCUT2D eigenvalue weighted by atomic mass is 10.2. The van der Waals surface area contributed by atoms with Gasteiger partial charge in [-0.1, -0.05) is 18.2 Å². The van der Waals surface area contributed by atoms with Gasteiger partial charge in [-0.3, -0.25) is 4.57 Å². The molecule has 108 valence electrons. The van der Waals surface area contributed by atoms with Crippen LogP contribution in [0.2, 0.25) is 0 Å². The van der Waals surface area contributed by atoms with Crippen molar-refractivity contribution in [1.29, 1.82) is 0 Å². The molecule has 0 fully saturated rings. The second-order valence-electron chi connectivity index (χ2n) is 4.46. The van der Waals surface area contributed by atoms with Crippen molar-refractivity contribution in [2.24, 2.45) is 0 Å². The monoisotopic (exact) mass is 302 g/mol. The van der Waals surface area contributed by atoms with Gasteiger partial charge in [0.2, 0.25) is 0 Å². The molecule has 6 nitrogen and oxygen atoms in total. The van der Waals surface area contributed by atoms with Gasteiger partial charge < -0.3 is 5.11 Å². The number of aromatic nitrogens is 4. The van der Waals surface area contributed by atoms with Crippen molar-refractivity contribution in [3.63, 3.8) is 0 Å². The summed E-state index contributed by atoms with van der Waals surface area (Å²) in [6.45, 7) is 2.29. The first-order valence-corrected chi connectivity index (χ1v) is 7.37. The molecule has 3 aromatic rings. The normalized spacial score (nSPS) is 11.1. The lowest BCUT2D eigenvalue weighted by Crippen LogP contribution is -2.16. The highest BCUT2D eigenvalue weighted by Gasteiger charge is 2.13. The molecule has 0 saturated heterocycles.